The quantitative estimate of drug-likeness (QED) is 0.699. The van der Waals surface area contributed by atoms with Crippen LogP contribution in [0, 0.1) is 5.82 Å². The van der Waals surface area contributed by atoms with Crippen molar-refractivity contribution >= 4 is 16.8 Å². The lowest BCUT2D eigenvalue weighted by Gasteiger charge is -2.23. The molecule has 1 atom stereocenters. The van der Waals surface area contributed by atoms with E-state index >= 15 is 0 Å². The number of para-hydroxylation sites is 1. The smallest absolute Gasteiger partial charge is 0.258 e. The van der Waals surface area contributed by atoms with E-state index in [1.165, 1.54) is 12.1 Å². The first kappa shape index (κ1) is 18.7. The molecule has 3 aromatic rings. The molecule has 1 aromatic heterocycles. The molecule has 2 N–H and O–H groups in total. The summed E-state index contributed by atoms with van der Waals surface area (Å²) in [5.41, 5.74) is 1.25. The second-order valence-corrected chi connectivity index (χ2v) is 6.47. The third-order valence-electron chi connectivity index (χ3n) is 4.48. The van der Waals surface area contributed by atoms with Gasteiger partial charge >= 0.3 is 0 Å². The van der Waals surface area contributed by atoms with Crippen LogP contribution in [0.3, 0.4) is 0 Å². The van der Waals surface area contributed by atoms with E-state index in [9.17, 15) is 14.0 Å². The molecule has 1 heterocycles. The highest BCUT2D eigenvalue weighted by Crippen LogP contribution is 2.08. The number of benzene rings is 2. The van der Waals surface area contributed by atoms with E-state index < -0.39 is 6.04 Å². The number of nitrogens with one attached hydrogen (secondary N) is 2. The van der Waals surface area contributed by atoms with Crippen LogP contribution in [0.2, 0.25) is 0 Å². The van der Waals surface area contributed by atoms with Gasteiger partial charge in [-0.3, -0.25) is 14.5 Å². The molecule has 0 aliphatic rings. The molecule has 1 unspecified atom stereocenters. The standard InChI is InChI=1S/C20H21FN4O2/c1-13(19(26)22-11-14-7-9-15(21)10-8-14)25(2)12-18-23-17-6-4-3-5-16(17)20(27)24-18/h3-10,13H,11-12H2,1-2H3,(H,22,26)(H,23,24,27). The number of fused-ring (bicyclic) bond motifs is 1. The van der Waals surface area contributed by atoms with Crippen molar-refractivity contribution in [3.63, 3.8) is 0 Å². The van der Waals surface area contributed by atoms with E-state index in [0.29, 0.717) is 29.8 Å². The number of hydrogen-bond donors (Lipinski definition) is 2. The molecule has 0 bridgehead atoms. The van der Waals surface area contributed by atoms with Gasteiger partial charge in [0.05, 0.1) is 23.5 Å². The summed E-state index contributed by atoms with van der Waals surface area (Å²) < 4.78 is 12.9. The van der Waals surface area contributed by atoms with Crippen molar-refractivity contribution in [1.82, 2.24) is 20.2 Å². The number of nitrogens with zero attached hydrogens (tertiary/aromatic N) is 2. The van der Waals surface area contributed by atoms with Crippen molar-refractivity contribution in [1.29, 1.82) is 0 Å². The van der Waals surface area contributed by atoms with Crippen LogP contribution in [0.5, 0.6) is 0 Å². The Kier molecular flexibility index (Phi) is 5.61. The number of hydrogen-bond acceptors (Lipinski definition) is 4. The number of halogens is 1. The van der Waals surface area contributed by atoms with Gasteiger partial charge in [-0.05, 0) is 43.8 Å². The Morgan fingerprint density at radius 1 is 1.22 bits per heavy atom. The normalized spacial score (nSPS) is 12.3. The van der Waals surface area contributed by atoms with Gasteiger partial charge in [0, 0.05) is 6.54 Å². The maximum atomic E-state index is 12.9. The molecule has 0 aliphatic carbocycles. The van der Waals surface area contributed by atoms with Gasteiger partial charge in [0.2, 0.25) is 5.91 Å². The van der Waals surface area contributed by atoms with Crippen molar-refractivity contribution in [2.75, 3.05) is 7.05 Å². The molecule has 0 spiro atoms. The third kappa shape index (κ3) is 4.57. The molecule has 2 aromatic carbocycles. The summed E-state index contributed by atoms with van der Waals surface area (Å²) in [4.78, 5) is 33.5. The van der Waals surface area contributed by atoms with E-state index in [4.69, 9.17) is 0 Å². The van der Waals surface area contributed by atoms with Crippen molar-refractivity contribution in [3.8, 4) is 0 Å². The van der Waals surface area contributed by atoms with Crippen LogP contribution in [0.15, 0.2) is 53.3 Å². The Labute approximate surface area is 156 Å². The van der Waals surface area contributed by atoms with Crippen LogP contribution in [0.1, 0.15) is 18.3 Å². The first-order valence-electron chi connectivity index (χ1n) is 8.64. The average molecular weight is 368 g/mol. The van der Waals surface area contributed by atoms with Crippen molar-refractivity contribution in [3.05, 3.63) is 76.1 Å². The predicted molar refractivity (Wildman–Crippen MR) is 102 cm³/mol. The van der Waals surface area contributed by atoms with Crippen molar-refractivity contribution < 1.29 is 9.18 Å². The zero-order chi connectivity index (χ0) is 19.4. The van der Waals surface area contributed by atoms with Crippen molar-refractivity contribution in [2.45, 2.75) is 26.1 Å². The minimum absolute atomic E-state index is 0.162. The highest BCUT2D eigenvalue weighted by molar-refractivity contribution is 5.81. The first-order valence-corrected chi connectivity index (χ1v) is 8.64. The summed E-state index contributed by atoms with van der Waals surface area (Å²) in [6.07, 6.45) is 0. The molecular weight excluding hydrogens is 347 g/mol. The van der Waals surface area contributed by atoms with Gasteiger partial charge in [0.25, 0.3) is 5.56 Å². The van der Waals surface area contributed by atoms with E-state index in [1.54, 1.807) is 49.2 Å². The topological polar surface area (TPSA) is 78.1 Å². The molecule has 0 fully saturated rings. The average Bonchev–Trinajstić information content (AvgIpc) is 2.66. The third-order valence-corrected chi connectivity index (χ3v) is 4.48. The number of H-pyrrole nitrogens is 1. The fraction of sp³-hybridized carbons (Fsp3) is 0.250. The number of rotatable bonds is 6. The van der Waals surface area contributed by atoms with Crippen LogP contribution >= 0.6 is 0 Å². The van der Waals surface area contributed by atoms with Gasteiger partial charge in [-0.25, -0.2) is 9.37 Å². The van der Waals surface area contributed by atoms with Gasteiger partial charge in [-0.2, -0.15) is 0 Å². The van der Waals surface area contributed by atoms with Gasteiger partial charge in [0.1, 0.15) is 11.6 Å². The minimum atomic E-state index is -0.428. The number of carbonyl (C=O) groups is 1. The molecular formula is C20H21FN4O2. The Morgan fingerprint density at radius 3 is 2.67 bits per heavy atom. The van der Waals surface area contributed by atoms with Crippen LogP contribution < -0.4 is 10.9 Å². The Hall–Kier alpha value is -3.06. The van der Waals surface area contributed by atoms with Gasteiger partial charge in [0.15, 0.2) is 0 Å². The molecule has 7 heteroatoms. The zero-order valence-corrected chi connectivity index (χ0v) is 15.2. The molecule has 0 saturated heterocycles. The lowest BCUT2D eigenvalue weighted by Crippen LogP contribution is -2.43. The lowest BCUT2D eigenvalue weighted by atomic mass is 10.2. The number of amides is 1. The molecule has 1 amide bonds. The molecule has 0 saturated carbocycles. The van der Waals surface area contributed by atoms with Crippen LogP contribution in [-0.2, 0) is 17.9 Å². The molecule has 27 heavy (non-hydrogen) atoms. The largest absolute Gasteiger partial charge is 0.351 e. The Morgan fingerprint density at radius 2 is 1.93 bits per heavy atom. The molecule has 0 radical (unpaired) electrons. The number of carbonyl (C=O) groups excluding carboxylic acids is 1. The minimum Gasteiger partial charge on any atom is -0.351 e. The SMILES string of the molecule is CC(C(=O)NCc1ccc(F)cc1)N(C)Cc1nc2ccccc2c(=O)[nH]1. The van der Waals surface area contributed by atoms with Crippen LogP contribution in [0.4, 0.5) is 4.39 Å². The molecule has 140 valence electrons. The summed E-state index contributed by atoms with van der Waals surface area (Å²) in [6.45, 7) is 2.42. The van der Waals surface area contributed by atoms with E-state index in [2.05, 4.69) is 15.3 Å². The molecule has 6 nitrogen and oxygen atoms in total. The number of aromatic nitrogens is 2. The highest BCUT2D eigenvalue weighted by Gasteiger charge is 2.19. The zero-order valence-electron chi connectivity index (χ0n) is 15.2. The van der Waals surface area contributed by atoms with E-state index in [-0.39, 0.29) is 17.3 Å². The summed E-state index contributed by atoms with van der Waals surface area (Å²) >= 11 is 0. The fourth-order valence-corrected chi connectivity index (χ4v) is 2.72. The van der Waals surface area contributed by atoms with Crippen LogP contribution in [-0.4, -0.2) is 33.9 Å². The lowest BCUT2D eigenvalue weighted by molar-refractivity contribution is -0.125. The Balaban J connectivity index is 1.62. The highest BCUT2D eigenvalue weighted by atomic mass is 19.1. The summed E-state index contributed by atoms with van der Waals surface area (Å²) in [5, 5.41) is 3.37. The van der Waals surface area contributed by atoms with Crippen molar-refractivity contribution in [2.24, 2.45) is 0 Å². The first-order chi connectivity index (χ1) is 12.9. The number of aromatic amines is 1. The monoisotopic (exact) mass is 368 g/mol. The number of likely N-dealkylation sites (N-methyl/N-ethyl adjacent to an activating group) is 1. The van der Waals surface area contributed by atoms with Gasteiger partial charge in [-0.1, -0.05) is 24.3 Å². The van der Waals surface area contributed by atoms with E-state index in [0.717, 1.165) is 5.56 Å². The maximum Gasteiger partial charge on any atom is 0.258 e. The predicted octanol–water partition coefficient (Wildman–Crippen LogP) is 2.20. The summed E-state index contributed by atoms with van der Waals surface area (Å²) in [6, 6.07) is 12.7. The van der Waals surface area contributed by atoms with E-state index in [1.807, 2.05) is 6.07 Å². The Bertz CT molecular complexity index is 1000. The molecule has 3 rings (SSSR count). The molecule has 0 aliphatic heterocycles. The van der Waals surface area contributed by atoms with Gasteiger partial charge < -0.3 is 10.3 Å². The maximum absolute atomic E-state index is 12.9. The fourth-order valence-electron chi connectivity index (χ4n) is 2.72. The summed E-state index contributed by atoms with van der Waals surface area (Å²) in [5.74, 6) is 0.0272. The summed E-state index contributed by atoms with van der Waals surface area (Å²) in [7, 11) is 1.79. The second kappa shape index (κ2) is 8.09. The van der Waals surface area contributed by atoms with Crippen LogP contribution in [0.25, 0.3) is 10.9 Å². The van der Waals surface area contributed by atoms with Gasteiger partial charge in [-0.15, -0.1) is 0 Å². The second-order valence-electron chi connectivity index (χ2n) is 6.47.